The van der Waals surface area contributed by atoms with Gasteiger partial charge in [-0.25, -0.2) is 0 Å². The molecule has 11 heavy (non-hydrogen) atoms. The molecular formula is C8H10NO2. The Balaban J connectivity index is 0.000000292. The molecule has 1 radical (unpaired) electrons. The predicted molar refractivity (Wildman–Crippen MR) is 42.5 cm³/mol. The van der Waals surface area contributed by atoms with Gasteiger partial charge in [0.15, 0.2) is 0 Å². The lowest BCUT2D eigenvalue weighted by atomic mass is 10.6. The maximum Gasteiger partial charge on any atom is 0.253 e. The molecule has 0 saturated heterocycles. The Labute approximate surface area is 66.0 Å². The Hall–Kier alpha value is -1.38. The van der Waals surface area contributed by atoms with Crippen LogP contribution in [-0.4, -0.2) is 23.8 Å². The number of allylic oxidation sites excluding steroid dienone is 1. The molecule has 3 nitrogen and oxygen atoms in total. The average molecular weight is 152 g/mol. The summed E-state index contributed by atoms with van der Waals surface area (Å²) in [6.45, 7) is 6.50. The van der Waals surface area contributed by atoms with Gasteiger partial charge in [-0.05, 0) is 6.92 Å². The van der Waals surface area contributed by atoms with Gasteiger partial charge in [0.2, 0.25) is 0 Å². The number of nitrogens with zero attached hydrogens (tertiary/aromatic N) is 1. The van der Waals surface area contributed by atoms with E-state index in [9.17, 15) is 9.59 Å². The molecule has 0 N–H and O–H groups in total. The molecule has 1 aliphatic heterocycles. The molecule has 0 bridgehead atoms. The van der Waals surface area contributed by atoms with Gasteiger partial charge in [0.05, 0.1) is 0 Å². The molecule has 3 heteroatoms. The van der Waals surface area contributed by atoms with Crippen LogP contribution in [0.2, 0.25) is 0 Å². The first-order chi connectivity index (χ1) is 5.13. The lowest BCUT2D eigenvalue weighted by molar-refractivity contribution is -0.135. The molecule has 0 fully saturated rings. The quantitative estimate of drug-likeness (QED) is 0.475. The third kappa shape index (κ3) is 2.80. The highest BCUT2D eigenvalue weighted by Crippen LogP contribution is 1.97. The predicted octanol–water partition coefficient (Wildman–Crippen LogP) is 0.548. The second-order valence-electron chi connectivity index (χ2n) is 1.86. The Morgan fingerprint density at radius 2 is 1.64 bits per heavy atom. The fourth-order valence-corrected chi connectivity index (χ4v) is 0.475. The van der Waals surface area contributed by atoms with Gasteiger partial charge in [0.1, 0.15) is 0 Å². The van der Waals surface area contributed by atoms with Crippen molar-refractivity contribution in [2.24, 2.45) is 0 Å². The summed E-state index contributed by atoms with van der Waals surface area (Å²) >= 11 is 0. The summed E-state index contributed by atoms with van der Waals surface area (Å²) in [5, 5.41) is 0. The lowest BCUT2D eigenvalue weighted by Gasteiger charge is -2.01. The average Bonchev–Trinajstić information content (AvgIpc) is 2.22. The number of imide groups is 1. The number of amides is 2. The summed E-state index contributed by atoms with van der Waals surface area (Å²) in [6.07, 6.45) is 4.00. The molecular weight excluding hydrogens is 142 g/mol. The maximum atomic E-state index is 10.4. The summed E-state index contributed by atoms with van der Waals surface area (Å²) in [5.41, 5.74) is 0. The highest BCUT2D eigenvalue weighted by molar-refractivity contribution is 6.12. The number of likely N-dealkylation sites (N-methyl/N-ethyl adjacent to an activating group) is 1. The molecule has 0 aliphatic carbocycles. The molecule has 1 rings (SSSR count). The van der Waals surface area contributed by atoms with Crippen molar-refractivity contribution in [3.63, 3.8) is 0 Å². The zero-order valence-corrected chi connectivity index (χ0v) is 6.41. The van der Waals surface area contributed by atoms with Crippen molar-refractivity contribution in [1.82, 2.24) is 4.90 Å². The van der Waals surface area contributed by atoms with E-state index in [0.29, 0.717) is 0 Å². The van der Waals surface area contributed by atoms with Crippen molar-refractivity contribution in [3.05, 3.63) is 31.7 Å². The molecule has 0 aromatic heterocycles. The van der Waals surface area contributed by atoms with Crippen molar-refractivity contribution in [2.45, 2.75) is 0 Å². The zero-order valence-electron chi connectivity index (χ0n) is 6.41. The van der Waals surface area contributed by atoms with E-state index in [-0.39, 0.29) is 11.8 Å². The van der Waals surface area contributed by atoms with Gasteiger partial charge in [0.25, 0.3) is 11.8 Å². The minimum atomic E-state index is -0.241. The molecule has 0 aromatic rings. The summed E-state index contributed by atoms with van der Waals surface area (Å²) in [4.78, 5) is 21.9. The smallest absolute Gasteiger partial charge is 0.253 e. The van der Waals surface area contributed by atoms with Crippen LogP contribution in [0.4, 0.5) is 0 Å². The van der Waals surface area contributed by atoms with E-state index in [1.165, 1.54) is 25.3 Å². The van der Waals surface area contributed by atoms with Crippen LogP contribution in [0.5, 0.6) is 0 Å². The Morgan fingerprint density at radius 3 is 1.73 bits per heavy atom. The molecule has 0 saturated carbocycles. The molecule has 1 aliphatic rings. The normalized spacial score (nSPS) is 14.5. The van der Waals surface area contributed by atoms with E-state index in [2.05, 4.69) is 13.5 Å². The largest absolute Gasteiger partial charge is 0.279 e. The Morgan fingerprint density at radius 1 is 1.36 bits per heavy atom. The first-order valence-corrected chi connectivity index (χ1v) is 3.03. The molecule has 0 aromatic carbocycles. The fraction of sp³-hybridized carbons (Fsp3) is 0.125. The Bertz CT molecular complexity index is 188. The minimum absolute atomic E-state index is 0.241. The van der Waals surface area contributed by atoms with E-state index in [1.807, 2.05) is 0 Å². The van der Waals surface area contributed by atoms with Crippen molar-refractivity contribution >= 4 is 11.8 Å². The highest BCUT2D eigenvalue weighted by atomic mass is 16.2. The third-order valence-corrected chi connectivity index (χ3v) is 1.03. The zero-order chi connectivity index (χ0) is 8.85. The number of hydrogen-bond donors (Lipinski definition) is 0. The standard InChI is InChI=1S/C5H5NO2.C3H5/c1-6-4(7)2-3-5(6)8;1-3-2/h2-3H,1H3;3H,1-2H2. The van der Waals surface area contributed by atoms with E-state index < -0.39 is 0 Å². The first kappa shape index (κ1) is 9.62. The van der Waals surface area contributed by atoms with Gasteiger partial charge in [-0.2, -0.15) is 0 Å². The van der Waals surface area contributed by atoms with E-state index in [1.54, 1.807) is 0 Å². The van der Waals surface area contributed by atoms with Crippen LogP contribution in [0, 0.1) is 6.92 Å². The summed E-state index contributed by atoms with van der Waals surface area (Å²) in [7, 11) is 1.45. The van der Waals surface area contributed by atoms with Crippen LogP contribution < -0.4 is 0 Å². The molecule has 1 heterocycles. The number of rotatable bonds is 0. The van der Waals surface area contributed by atoms with Crippen molar-refractivity contribution in [3.8, 4) is 0 Å². The topological polar surface area (TPSA) is 37.4 Å². The van der Waals surface area contributed by atoms with Crippen molar-refractivity contribution in [2.75, 3.05) is 7.05 Å². The van der Waals surface area contributed by atoms with Gasteiger partial charge >= 0.3 is 0 Å². The van der Waals surface area contributed by atoms with Crippen LogP contribution >= 0.6 is 0 Å². The van der Waals surface area contributed by atoms with Gasteiger partial charge in [-0.3, -0.25) is 14.5 Å². The minimum Gasteiger partial charge on any atom is -0.279 e. The summed E-state index contributed by atoms with van der Waals surface area (Å²) < 4.78 is 0. The van der Waals surface area contributed by atoms with E-state index in [0.717, 1.165) is 4.90 Å². The molecule has 2 amide bonds. The van der Waals surface area contributed by atoms with Gasteiger partial charge in [0, 0.05) is 19.2 Å². The monoisotopic (exact) mass is 152 g/mol. The fourth-order valence-electron chi connectivity index (χ4n) is 0.475. The Kier molecular flexibility index (Phi) is 3.88. The van der Waals surface area contributed by atoms with Crippen molar-refractivity contribution < 1.29 is 9.59 Å². The van der Waals surface area contributed by atoms with Gasteiger partial charge < -0.3 is 0 Å². The second-order valence-corrected chi connectivity index (χ2v) is 1.86. The van der Waals surface area contributed by atoms with Crippen LogP contribution in [-0.2, 0) is 9.59 Å². The second kappa shape index (κ2) is 4.44. The van der Waals surface area contributed by atoms with Crippen LogP contribution in [0.25, 0.3) is 0 Å². The lowest BCUT2D eigenvalue weighted by Crippen LogP contribution is -2.24. The number of carbonyl (C=O) groups excluding carboxylic acids is 2. The van der Waals surface area contributed by atoms with Crippen molar-refractivity contribution in [1.29, 1.82) is 0 Å². The van der Waals surface area contributed by atoms with Gasteiger partial charge in [-0.15, -0.1) is 6.58 Å². The molecule has 0 atom stereocenters. The third-order valence-electron chi connectivity index (χ3n) is 1.03. The van der Waals surface area contributed by atoms with E-state index in [4.69, 9.17) is 0 Å². The number of hydrogen-bond acceptors (Lipinski definition) is 2. The van der Waals surface area contributed by atoms with Crippen LogP contribution in [0.3, 0.4) is 0 Å². The van der Waals surface area contributed by atoms with Gasteiger partial charge in [-0.1, -0.05) is 6.08 Å². The molecule has 59 valence electrons. The maximum absolute atomic E-state index is 10.4. The SMILES string of the molecule is CN1C(=O)C=CC1=O.[CH2]C=C. The van der Waals surface area contributed by atoms with Crippen LogP contribution in [0.1, 0.15) is 0 Å². The molecule has 0 spiro atoms. The number of carbonyl (C=O) groups is 2. The molecule has 0 unspecified atom stereocenters. The summed E-state index contributed by atoms with van der Waals surface area (Å²) in [6, 6.07) is 0. The first-order valence-electron chi connectivity index (χ1n) is 3.03. The highest BCUT2D eigenvalue weighted by Gasteiger charge is 2.17. The summed E-state index contributed by atoms with van der Waals surface area (Å²) in [5.74, 6) is -0.481. The van der Waals surface area contributed by atoms with E-state index >= 15 is 0 Å². The van der Waals surface area contributed by atoms with Crippen LogP contribution in [0.15, 0.2) is 24.8 Å².